The van der Waals surface area contributed by atoms with Crippen LogP contribution in [-0.4, -0.2) is 80.9 Å². The fraction of sp³-hybridized carbons (Fsp3) is 0.500. The number of ether oxygens (including phenoxy) is 3. The zero-order chi connectivity index (χ0) is 27.0. The van der Waals surface area contributed by atoms with E-state index in [2.05, 4.69) is 21.8 Å². The molecule has 9 heteroatoms. The molecule has 0 bridgehead atoms. The molecule has 1 saturated carbocycles. The third-order valence-electron chi connectivity index (χ3n) is 8.49. The summed E-state index contributed by atoms with van der Waals surface area (Å²) in [5.41, 5.74) is 4.06. The lowest BCUT2D eigenvalue weighted by Crippen LogP contribution is -2.38. The third-order valence-corrected chi connectivity index (χ3v) is 8.49. The Hall–Kier alpha value is -3.59. The van der Waals surface area contributed by atoms with Gasteiger partial charge in [-0.3, -0.25) is 9.78 Å². The zero-order valence-corrected chi connectivity index (χ0v) is 23.1. The van der Waals surface area contributed by atoms with Crippen LogP contribution in [0.1, 0.15) is 38.5 Å². The van der Waals surface area contributed by atoms with Crippen molar-refractivity contribution in [3.05, 3.63) is 30.6 Å². The molecule has 0 unspecified atom stereocenters. The first kappa shape index (κ1) is 25.7. The second-order valence-electron chi connectivity index (χ2n) is 10.9. The molecule has 2 fully saturated rings. The zero-order valence-electron chi connectivity index (χ0n) is 23.1. The van der Waals surface area contributed by atoms with Crippen LogP contribution >= 0.6 is 0 Å². The normalized spacial score (nSPS) is 18.0. The van der Waals surface area contributed by atoms with Crippen LogP contribution < -0.4 is 24.0 Å². The molecule has 1 amide bonds. The fourth-order valence-electron chi connectivity index (χ4n) is 5.93. The summed E-state index contributed by atoms with van der Waals surface area (Å²) in [6, 6.07) is 5.86. The summed E-state index contributed by atoms with van der Waals surface area (Å²) in [5, 5.41) is 0.876. The van der Waals surface area contributed by atoms with Gasteiger partial charge in [0.05, 0.1) is 53.3 Å². The van der Waals surface area contributed by atoms with Crippen LogP contribution in [0.3, 0.4) is 0 Å². The van der Waals surface area contributed by atoms with E-state index in [1.807, 2.05) is 24.4 Å². The van der Waals surface area contributed by atoms with Gasteiger partial charge in [-0.2, -0.15) is 0 Å². The van der Waals surface area contributed by atoms with E-state index in [0.29, 0.717) is 30.6 Å². The Kier molecular flexibility index (Phi) is 6.93. The Morgan fingerprint density at radius 2 is 1.97 bits per heavy atom. The van der Waals surface area contributed by atoms with Gasteiger partial charge in [0.2, 0.25) is 12.3 Å². The van der Waals surface area contributed by atoms with Crippen LogP contribution in [0.5, 0.6) is 17.4 Å². The van der Waals surface area contributed by atoms with Crippen LogP contribution in [0.25, 0.3) is 22.0 Å². The fourth-order valence-corrected chi connectivity index (χ4v) is 5.93. The van der Waals surface area contributed by atoms with Gasteiger partial charge < -0.3 is 28.9 Å². The van der Waals surface area contributed by atoms with Gasteiger partial charge >= 0.3 is 0 Å². The number of piperidine rings is 1. The number of amides is 1. The molecule has 1 aliphatic carbocycles. The Morgan fingerprint density at radius 3 is 2.67 bits per heavy atom. The van der Waals surface area contributed by atoms with Crippen molar-refractivity contribution >= 4 is 28.7 Å². The Labute approximate surface area is 229 Å². The molecule has 6 rings (SSSR count). The first-order valence-electron chi connectivity index (χ1n) is 13.9. The average Bonchev–Trinajstić information content (AvgIpc) is 3.79. The Balaban J connectivity index is 1.33. The van der Waals surface area contributed by atoms with Gasteiger partial charge in [0.25, 0.3) is 0 Å². The van der Waals surface area contributed by atoms with Gasteiger partial charge in [0.1, 0.15) is 18.1 Å². The lowest BCUT2D eigenvalue weighted by atomic mass is 9.99. The average molecular weight is 532 g/mol. The summed E-state index contributed by atoms with van der Waals surface area (Å²) in [4.78, 5) is 27.5. The van der Waals surface area contributed by atoms with Crippen LogP contribution in [0.4, 0.5) is 11.4 Å². The van der Waals surface area contributed by atoms with E-state index in [4.69, 9.17) is 19.2 Å². The molecule has 3 aromatic rings. The molecule has 1 spiro atoms. The van der Waals surface area contributed by atoms with Crippen molar-refractivity contribution < 1.29 is 19.0 Å². The summed E-state index contributed by atoms with van der Waals surface area (Å²) >= 11 is 0. The van der Waals surface area contributed by atoms with Crippen molar-refractivity contribution in [2.75, 3.05) is 63.9 Å². The number of carbonyl (C=O) groups excluding carboxylic acids is 1. The van der Waals surface area contributed by atoms with E-state index in [9.17, 15) is 4.79 Å². The molecule has 2 aromatic heterocycles. The van der Waals surface area contributed by atoms with Crippen molar-refractivity contribution in [1.29, 1.82) is 0 Å². The van der Waals surface area contributed by atoms with Crippen LogP contribution in [-0.2, 0) is 4.79 Å². The van der Waals surface area contributed by atoms with Crippen LogP contribution in [0.15, 0.2) is 30.6 Å². The molecule has 0 radical (unpaired) electrons. The maximum Gasteiger partial charge on any atom is 0.213 e. The van der Waals surface area contributed by atoms with Crippen molar-refractivity contribution in [2.45, 2.75) is 44.1 Å². The molecular weight excluding hydrogens is 494 g/mol. The minimum absolute atomic E-state index is 0.0968. The number of likely N-dealkylation sites (tertiary alicyclic amines) is 1. The summed E-state index contributed by atoms with van der Waals surface area (Å²) in [7, 11) is 5.50. The molecule has 1 saturated heterocycles. The number of rotatable bonds is 9. The largest absolute Gasteiger partial charge is 0.496 e. The van der Waals surface area contributed by atoms with Gasteiger partial charge in [-0.15, -0.1) is 0 Å². The van der Waals surface area contributed by atoms with E-state index in [1.165, 1.54) is 32.4 Å². The number of hydrogen-bond acceptors (Lipinski definition) is 8. The number of likely N-dealkylation sites (N-methyl/N-ethyl adjacent to an activating group) is 1. The van der Waals surface area contributed by atoms with E-state index in [0.717, 1.165) is 65.6 Å². The van der Waals surface area contributed by atoms with Crippen LogP contribution in [0.2, 0.25) is 0 Å². The number of carbonyl (C=O) groups is 1. The van der Waals surface area contributed by atoms with Gasteiger partial charge in [-0.25, -0.2) is 4.98 Å². The summed E-state index contributed by atoms with van der Waals surface area (Å²) in [6.07, 6.45) is 11.4. The predicted molar refractivity (Wildman–Crippen MR) is 152 cm³/mol. The van der Waals surface area contributed by atoms with Crippen molar-refractivity contribution in [3.8, 4) is 28.5 Å². The Morgan fingerprint density at radius 1 is 1.15 bits per heavy atom. The van der Waals surface area contributed by atoms with Crippen LogP contribution in [0, 0.1) is 0 Å². The number of aromatic nitrogens is 2. The van der Waals surface area contributed by atoms with Gasteiger partial charge in [0, 0.05) is 44.5 Å². The number of benzene rings is 1. The molecular formula is C30H37N5O4. The lowest BCUT2D eigenvalue weighted by Gasteiger charge is -2.30. The monoisotopic (exact) mass is 531 g/mol. The van der Waals surface area contributed by atoms with Crippen molar-refractivity contribution in [1.82, 2.24) is 14.9 Å². The number of anilines is 2. The highest BCUT2D eigenvalue weighted by atomic mass is 16.5. The number of hydrogen-bond donors (Lipinski definition) is 0. The Bertz CT molecular complexity index is 1350. The maximum absolute atomic E-state index is 11.8. The molecule has 1 aromatic carbocycles. The highest BCUT2D eigenvalue weighted by Gasteiger charge is 2.50. The van der Waals surface area contributed by atoms with E-state index in [-0.39, 0.29) is 5.54 Å². The van der Waals surface area contributed by atoms with Crippen molar-refractivity contribution in [2.24, 2.45) is 0 Å². The van der Waals surface area contributed by atoms with E-state index in [1.54, 1.807) is 25.3 Å². The van der Waals surface area contributed by atoms with Gasteiger partial charge in [0.15, 0.2) is 0 Å². The minimum Gasteiger partial charge on any atom is -0.496 e. The molecule has 206 valence electrons. The first-order chi connectivity index (χ1) is 19.0. The molecule has 2 aliphatic heterocycles. The number of methoxy groups -OCH3 is 1. The summed E-state index contributed by atoms with van der Waals surface area (Å²) in [5.74, 6) is 1.98. The molecule has 3 aliphatic rings. The SMILES string of the molecule is COc1cc2ncc(N(C)C=O)c3c2c(c1-c1ccc(OCCCN2CCCCC2)nc1)OCC1(CC1)N3C. The quantitative estimate of drug-likeness (QED) is 0.295. The smallest absolute Gasteiger partial charge is 0.213 e. The number of pyridine rings is 2. The molecule has 4 heterocycles. The van der Waals surface area contributed by atoms with E-state index < -0.39 is 0 Å². The second-order valence-corrected chi connectivity index (χ2v) is 10.9. The molecule has 39 heavy (non-hydrogen) atoms. The predicted octanol–water partition coefficient (Wildman–Crippen LogP) is 4.51. The first-order valence-corrected chi connectivity index (χ1v) is 13.9. The molecule has 0 N–H and O–H groups in total. The second kappa shape index (κ2) is 10.5. The molecule has 0 atom stereocenters. The third kappa shape index (κ3) is 4.73. The highest BCUT2D eigenvalue weighted by Crippen LogP contribution is 2.55. The summed E-state index contributed by atoms with van der Waals surface area (Å²) < 4.78 is 18.4. The van der Waals surface area contributed by atoms with Crippen molar-refractivity contribution in [3.63, 3.8) is 0 Å². The standard InChI is InChI=1S/C30H37N5O4/c1-33(20-36)23-18-31-22-16-24(37-3)26(29-27(22)28(23)34(2)30(10-11-30)19-39-29)21-8-9-25(32-17-21)38-15-7-14-35-12-5-4-6-13-35/h8-9,16-18,20H,4-7,10-15,19H2,1-3H3. The minimum atomic E-state index is -0.0968. The lowest BCUT2D eigenvalue weighted by molar-refractivity contribution is -0.107. The number of nitrogens with zero attached hydrogens (tertiary/aromatic N) is 5. The molecule has 9 nitrogen and oxygen atoms in total. The summed E-state index contributed by atoms with van der Waals surface area (Å²) in [6.45, 7) is 4.66. The van der Waals surface area contributed by atoms with E-state index >= 15 is 0 Å². The van der Waals surface area contributed by atoms with Gasteiger partial charge in [-0.05, 0) is 51.3 Å². The maximum atomic E-state index is 11.8. The van der Waals surface area contributed by atoms with Gasteiger partial charge in [-0.1, -0.05) is 6.42 Å². The highest BCUT2D eigenvalue weighted by molar-refractivity contribution is 6.09. The topological polar surface area (TPSA) is 80.3 Å².